The quantitative estimate of drug-likeness (QED) is 0.475. The minimum atomic E-state index is -0.917. The molecule has 1 aromatic carbocycles. The SMILES string of the molecule is C[C@H]1CN(CCOc2ccc([N+](=O)[O-])cc2C=O)CCN1C(=O)O. The van der Waals surface area contributed by atoms with Crippen molar-refractivity contribution in [3.8, 4) is 5.75 Å². The maximum Gasteiger partial charge on any atom is 0.407 e. The van der Waals surface area contributed by atoms with Crippen LogP contribution >= 0.6 is 0 Å². The van der Waals surface area contributed by atoms with Crippen LogP contribution in [0.4, 0.5) is 10.5 Å². The Hall–Kier alpha value is -2.68. The number of benzene rings is 1. The molecule has 9 heteroatoms. The summed E-state index contributed by atoms with van der Waals surface area (Å²) in [6.07, 6.45) is -0.393. The Balaban J connectivity index is 1.87. The van der Waals surface area contributed by atoms with E-state index in [9.17, 15) is 19.7 Å². The van der Waals surface area contributed by atoms with Crippen molar-refractivity contribution in [1.82, 2.24) is 9.80 Å². The van der Waals surface area contributed by atoms with Gasteiger partial charge in [0.05, 0.1) is 10.5 Å². The van der Waals surface area contributed by atoms with Gasteiger partial charge in [-0.3, -0.25) is 19.8 Å². The Labute approximate surface area is 138 Å². The number of amides is 1. The lowest BCUT2D eigenvalue weighted by atomic mass is 10.2. The average Bonchev–Trinajstić information content (AvgIpc) is 2.54. The van der Waals surface area contributed by atoms with E-state index in [1.165, 1.54) is 23.1 Å². The van der Waals surface area contributed by atoms with Crippen LogP contribution in [0.15, 0.2) is 18.2 Å². The van der Waals surface area contributed by atoms with Crippen molar-refractivity contribution in [2.24, 2.45) is 0 Å². The second kappa shape index (κ2) is 7.73. The third-order valence-corrected chi connectivity index (χ3v) is 3.95. The first-order chi connectivity index (χ1) is 11.4. The van der Waals surface area contributed by atoms with Gasteiger partial charge in [0.25, 0.3) is 5.69 Å². The van der Waals surface area contributed by atoms with Crippen LogP contribution in [0, 0.1) is 10.1 Å². The van der Waals surface area contributed by atoms with Crippen molar-refractivity contribution in [3.05, 3.63) is 33.9 Å². The Morgan fingerprint density at radius 2 is 2.25 bits per heavy atom. The second-order valence-corrected chi connectivity index (χ2v) is 5.57. The number of hydrogen-bond acceptors (Lipinski definition) is 6. The first kappa shape index (κ1) is 17.7. The minimum absolute atomic E-state index is 0.0961. The third-order valence-electron chi connectivity index (χ3n) is 3.95. The molecule has 0 bridgehead atoms. The molecule has 0 unspecified atom stereocenters. The van der Waals surface area contributed by atoms with Crippen LogP contribution in [0.3, 0.4) is 0 Å². The van der Waals surface area contributed by atoms with E-state index in [-0.39, 0.29) is 17.3 Å². The summed E-state index contributed by atoms with van der Waals surface area (Å²) in [5.74, 6) is 0.299. The van der Waals surface area contributed by atoms with Gasteiger partial charge in [0.2, 0.25) is 0 Å². The van der Waals surface area contributed by atoms with E-state index in [1.54, 1.807) is 0 Å². The summed E-state index contributed by atoms with van der Waals surface area (Å²) in [5.41, 5.74) is -0.0312. The van der Waals surface area contributed by atoms with E-state index < -0.39 is 11.0 Å². The number of carboxylic acid groups (broad SMARTS) is 1. The maximum absolute atomic E-state index is 11.0. The number of aldehydes is 1. The molecule has 2 rings (SSSR count). The minimum Gasteiger partial charge on any atom is -0.491 e. The number of nitro groups is 1. The molecule has 0 aromatic heterocycles. The fourth-order valence-electron chi connectivity index (χ4n) is 2.68. The smallest absolute Gasteiger partial charge is 0.407 e. The normalized spacial score (nSPS) is 18.2. The van der Waals surface area contributed by atoms with Gasteiger partial charge in [-0.2, -0.15) is 0 Å². The van der Waals surface area contributed by atoms with Crippen LogP contribution in [0.25, 0.3) is 0 Å². The zero-order valence-corrected chi connectivity index (χ0v) is 13.3. The lowest BCUT2D eigenvalue weighted by Crippen LogP contribution is -2.54. The van der Waals surface area contributed by atoms with Crippen molar-refractivity contribution < 1.29 is 24.4 Å². The summed E-state index contributed by atoms with van der Waals surface area (Å²) in [6, 6.07) is 3.78. The number of nitrogens with zero attached hydrogens (tertiary/aromatic N) is 3. The highest BCUT2D eigenvalue weighted by atomic mass is 16.6. The fraction of sp³-hybridized carbons (Fsp3) is 0.467. The molecule has 1 saturated heterocycles. The molecule has 1 heterocycles. The predicted molar refractivity (Wildman–Crippen MR) is 84.6 cm³/mol. The highest BCUT2D eigenvalue weighted by Gasteiger charge is 2.26. The molecule has 24 heavy (non-hydrogen) atoms. The summed E-state index contributed by atoms with van der Waals surface area (Å²) in [7, 11) is 0. The lowest BCUT2D eigenvalue weighted by molar-refractivity contribution is -0.384. The third kappa shape index (κ3) is 4.19. The summed E-state index contributed by atoms with van der Waals surface area (Å²) in [4.78, 5) is 35.7. The molecule has 9 nitrogen and oxygen atoms in total. The van der Waals surface area contributed by atoms with E-state index in [0.29, 0.717) is 44.8 Å². The van der Waals surface area contributed by atoms with Crippen molar-refractivity contribution in [1.29, 1.82) is 0 Å². The number of carbonyl (C=O) groups is 2. The number of carbonyl (C=O) groups excluding carboxylic acids is 1. The van der Waals surface area contributed by atoms with Crippen molar-refractivity contribution >= 4 is 18.1 Å². The molecule has 1 aromatic rings. The number of piperazine rings is 1. The molecule has 0 radical (unpaired) electrons. The summed E-state index contributed by atoms with van der Waals surface area (Å²) < 4.78 is 5.55. The first-order valence-corrected chi connectivity index (χ1v) is 7.50. The summed E-state index contributed by atoms with van der Waals surface area (Å²) in [6.45, 7) is 4.39. The molecule has 1 atom stereocenters. The number of nitro benzene ring substituents is 1. The van der Waals surface area contributed by atoms with Gasteiger partial charge >= 0.3 is 6.09 Å². The van der Waals surface area contributed by atoms with Gasteiger partial charge in [-0.1, -0.05) is 0 Å². The molecule has 1 N–H and O–H groups in total. The molecule has 130 valence electrons. The molecule has 1 fully saturated rings. The van der Waals surface area contributed by atoms with E-state index in [1.807, 2.05) is 6.92 Å². The standard InChI is InChI=1S/C15H19N3O6/c1-11-9-16(4-5-17(11)15(20)21)6-7-24-14-3-2-13(18(22)23)8-12(14)10-19/h2-3,8,10-11H,4-7,9H2,1H3,(H,20,21)/t11-/m0/s1. The van der Waals surface area contributed by atoms with Crippen LogP contribution < -0.4 is 4.74 Å². The van der Waals surface area contributed by atoms with Crippen molar-refractivity contribution in [2.75, 3.05) is 32.8 Å². The molecule has 1 aliphatic rings. The van der Waals surface area contributed by atoms with Crippen LogP contribution in [0.2, 0.25) is 0 Å². The van der Waals surface area contributed by atoms with E-state index in [4.69, 9.17) is 9.84 Å². The van der Waals surface area contributed by atoms with Crippen LogP contribution in [0.5, 0.6) is 5.75 Å². The van der Waals surface area contributed by atoms with Gasteiger partial charge in [-0.15, -0.1) is 0 Å². The molecule has 0 spiro atoms. The summed E-state index contributed by atoms with van der Waals surface area (Å²) in [5, 5.41) is 19.7. The lowest BCUT2D eigenvalue weighted by Gasteiger charge is -2.38. The van der Waals surface area contributed by atoms with Gasteiger partial charge in [-0.05, 0) is 13.0 Å². The van der Waals surface area contributed by atoms with Gasteiger partial charge in [0, 0.05) is 44.4 Å². The average molecular weight is 337 g/mol. The van der Waals surface area contributed by atoms with Gasteiger partial charge in [0.1, 0.15) is 12.4 Å². The Kier molecular flexibility index (Phi) is 5.69. The summed E-state index contributed by atoms with van der Waals surface area (Å²) >= 11 is 0. The molecular formula is C15H19N3O6. The first-order valence-electron chi connectivity index (χ1n) is 7.50. The highest BCUT2D eigenvalue weighted by molar-refractivity contribution is 5.80. The Morgan fingerprint density at radius 3 is 2.83 bits per heavy atom. The monoisotopic (exact) mass is 337 g/mol. The second-order valence-electron chi connectivity index (χ2n) is 5.57. The van der Waals surface area contributed by atoms with Gasteiger partial charge < -0.3 is 14.7 Å². The fourth-order valence-corrected chi connectivity index (χ4v) is 2.68. The largest absolute Gasteiger partial charge is 0.491 e. The molecule has 1 amide bonds. The van der Waals surface area contributed by atoms with Gasteiger partial charge in [-0.25, -0.2) is 4.79 Å². The molecule has 0 saturated carbocycles. The maximum atomic E-state index is 11.0. The van der Waals surface area contributed by atoms with E-state index >= 15 is 0 Å². The van der Waals surface area contributed by atoms with Crippen LogP contribution in [-0.2, 0) is 0 Å². The Morgan fingerprint density at radius 1 is 1.50 bits per heavy atom. The number of non-ortho nitro benzene ring substituents is 1. The van der Waals surface area contributed by atoms with Gasteiger partial charge in [0.15, 0.2) is 6.29 Å². The number of ether oxygens (including phenoxy) is 1. The Bertz CT molecular complexity index is 636. The molecule has 0 aliphatic carbocycles. The zero-order valence-electron chi connectivity index (χ0n) is 13.3. The molecular weight excluding hydrogens is 318 g/mol. The topological polar surface area (TPSA) is 113 Å². The number of rotatable bonds is 6. The van der Waals surface area contributed by atoms with E-state index in [2.05, 4.69) is 4.90 Å². The van der Waals surface area contributed by atoms with Crippen LogP contribution in [0.1, 0.15) is 17.3 Å². The van der Waals surface area contributed by atoms with Crippen molar-refractivity contribution in [2.45, 2.75) is 13.0 Å². The van der Waals surface area contributed by atoms with E-state index in [0.717, 1.165) is 0 Å². The zero-order chi connectivity index (χ0) is 17.7. The highest BCUT2D eigenvalue weighted by Crippen LogP contribution is 2.22. The van der Waals surface area contributed by atoms with Crippen molar-refractivity contribution in [3.63, 3.8) is 0 Å². The number of hydrogen-bond donors (Lipinski definition) is 1. The molecule has 1 aliphatic heterocycles. The predicted octanol–water partition coefficient (Wildman–Crippen LogP) is 1.47. The van der Waals surface area contributed by atoms with Crippen LogP contribution in [-0.4, -0.2) is 71.0 Å².